The van der Waals surface area contributed by atoms with Crippen molar-refractivity contribution in [1.82, 2.24) is 15.5 Å². The van der Waals surface area contributed by atoms with Gasteiger partial charge in [0.05, 0.1) is 16.5 Å². The van der Waals surface area contributed by atoms with Gasteiger partial charge in [0.1, 0.15) is 5.82 Å². The third-order valence-corrected chi connectivity index (χ3v) is 7.00. The molecule has 1 N–H and O–H groups in total. The van der Waals surface area contributed by atoms with Gasteiger partial charge in [-0.05, 0) is 85.4 Å². The number of nitrogens with one attached hydrogen (secondary N) is 1. The molecule has 4 aromatic rings. The molecule has 0 bridgehead atoms. The van der Waals surface area contributed by atoms with Crippen molar-refractivity contribution in [3.05, 3.63) is 94.1 Å². The number of aryl methyl sites for hydroxylation is 2. The van der Waals surface area contributed by atoms with E-state index in [0.717, 1.165) is 27.4 Å². The van der Waals surface area contributed by atoms with E-state index < -0.39 is 0 Å². The van der Waals surface area contributed by atoms with E-state index in [9.17, 15) is 4.39 Å². The first-order valence-corrected chi connectivity index (χ1v) is 11.7. The Morgan fingerprint density at radius 3 is 2.55 bits per heavy atom. The summed E-state index contributed by atoms with van der Waals surface area (Å²) in [6.07, 6.45) is 0. The maximum absolute atomic E-state index is 13.6. The lowest BCUT2D eigenvalue weighted by Gasteiger charge is -2.37. The maximum atomic E-state index is 13.6. The molecule has 2 aromatic carbocycles. The van der Waals surface area contributed by atoms with E-state index in [0.29, 0.717) is 16.8 Å². The van der Waals surface area contributed by atoms with Crippen LogP contribution in [-0.2, 0) is 0 Å². The Morgan fingerprint density at radius 1 is 1.06 bits per heavy atom. The summed E-state index contributed by atoms with van der Waals surface area (Å²) in [4.78, 5) is 7.60. The van der Waals surface area contributed by atoms with Crippen LogP contribution in [0.4, 0.5) is 10.1 Å². The molecule has 0 fully saturated rings. The molecule has 1 aliphatic rings. The van der Waals surface area contributed by atoms with Crippen molar-refractivity contribution in [3.8, 4) is 10.7 Å². The molecule has 0 amide bonds. The number of thiophene rings is 1. The van der Waals surface area contributed by atoms with E-state index in [4.69, 9.17) is 21.7 Å². The number of halogens is 1. The van der Waals surface area contributed by atoms with Crippen molar-refractivity contribution >= 4 is 39.9 Å². The highest BCUT2D eigenvalue weighted by atomic mass is 32.1. The summed E-state index contributed by atoms with van der Waals surface area (Å²) in [5.74, 6) is 0.631. The Hall–Kier alpha value is -3.36. The van der Waals surface area contributed by atoms with Gasteiger partial charge in [-0.2, -0.15) is 4.98 Å². The van der Waals surface area contributed by atoms with E-state index in [1.54, 1.807) is 23.5 Å². The summed E-state index contributed by atoms with van der Waals surface area (Å²) in [6, 6.07) is 16.1. The molecule has 33 heavy (non-hydrogen) atoms. The van der Waals surface area contributed by atoms with Crippen LogP contribution in [0.25, 0.3) is 16.3 Å². The number of benzene rings is 2. The van der Waals surface area contributed by atoms with Crippen LogP contribution in [0.15, 0.2) is 70.2 Å². The van der Waals surface area contributed by atoms with E-state index in [1.807, 2.05) is 35.4 Å². The number of aromatic nitrogens is 2. The number of hydrogen-bond donors (Lipinski definition) is 1. The Bertz CT molecular complexity index is 1360. The first-order valence-electron chi connectivity index (χ1n) is 10.4. The topological polar surface area (TPSA) is 54.2 Å². The van der Waals surface area contributed by atoms with Crippen molar-refractivity contribution in [2.24, 2.45) is 0 Å². The quantitative estimate of drug-likeness (QED) is 0.343. The zero-order valence-electron chi connectivity index (χ0n) is 18.3. The van der Waals surface area contributed by atoms with Crippen LogP contribution in [-0.4, -0.2) is 15.3 Å². The van der Waals surface area contributed by atoms with Crippen LogP contribution < -0.4 is 10.2 Å². The number of thiocarbonyl (C=S) groups is 1. The zero-order valence-corrected chi connectivity index (χ0v) is 19.9. The Morgan fingerprint density at radius 2 is 1.85 bits per heavy atom. The average molecular weight is 477 g/mol. The lowest BCUT2D eigenvalue weighted by Crippen LogP contribution is -2.46. The number of nitrogens with zero attached hydrogens (tertiary/aromatic N) is 3. The number of allylic oxidation sites excluding steroid dienone is 1. The van der Waals surface area contributed by atoms with Crippen LogP contribution >= 0.6 is 23.6 Å². The van der Waals surface area contributed by atoms with E-state index in [2.05, 4.69) is 36.5 Å². The smallest absolute Gasteiger partial charge is 0.258 e. The monoisotopic (exact) mass is 476 g/mol. The zero-order chi connectivity index (χ0) is 23.1. The van der Waals surface area contributed by atoms with Crippen molar-refractivity contribution in [3.63, 3.8) is 0 Å². The number of hydrogen-bond acceptors (Lipinski definition) is 5. The van der Waals surface area contributed by atoms with E-state index >= 15 is 0 Å². The number of anilines is 1. The predicted octanol–water partition coefficient (Wildman–Crippen LogP) is 6.42. The predicted molar refractivity (Wildman–Crippen MR) is 133 cm³/mol. The molecule has 1 unspecified atom stereocenters. The van der Waals surface area contributed by atoms with Gasteiger partial charge in [-0.25, -0.2) is 4.39 Å². The molecule has 0 aliphatic carbocycles. The second kappa shape index (κ2) is 8.53. The molecule has 1 atom stereocenters. The molecule has 5 rings (SSSR count). The van der Waals surface area contributed by atoms with Gasteiger partial charge >= 0.3 is 0 Å². The van der Waals surface area contributed by atoms with Crippen LogP contribution in [0.2, 0.25) is 0 Å². The minimum atomic E-state index is -0.363. The van der Waals surface area contributed by atoms with Gasteiger partial charge < -0.3 is 9.84 Å². The van der Waals surface area contributed by atoms with Crippen LogP contribution in [0, 0.1) is 19.7 Å². The second-order valence-corrected chi connectivity index (χ2v) is 9.27. The molecule has 2 aromatic heterocycles. The second-order valence-electron chi connectivity index (χ2n) is 7.94. The van der Waals surface area contributed by atoms with Crippen LogP contribution in [0.1, 0.15) is 35.5 Å². The van der Waals surface area contributed by atoms with E-state index in [-0.39, 0.29) is 11.9 Å². The van der Waals surface area contributed by atoms with E-state index in [1.165, 1.54) is 23.3 Å². The third kappa shape index (κ3) is 3.96. The first-order chi connectivity index (χ1) is 15.9. The molecule has 1 aliphatic heterocycles. The van der Waals surface area contributed by atoms with Gasteiger partial charge in [0.15, 0.2) is 5.11 Å². The molecule has 0 radical (unpaired) electrons. The fourth-order valence-corrected chi connectivity index (χ4v) is 4.95. The van der Waals surface area contributed by atoms with Gasteiger partial charge in [-0.15, -0.1) is 11.3 Å². The molecular formula is C25H21FN4OS2. The fraction of sp³-hybridized carbons (Fsp3) is 0.160. The minimum absolute atomic E-state index is 0.297. The van der Waals surface area contributed by atoms with Gasteiger partial charge in [-0.1, -0.05) is 29.4 Å². The molecule has 5 nitrogen and oxygen atoms in total. The SMILES string of the molecule is CC1=C(c2nc(-c3cccs3)no2)C(c2ccc(F)cc2)NC(=S)N1c1ccc(C)c(C)c1. The normalized spacial score (nSPS) is 16.3. The number of rotatable bonds is 4. The molecule has 0 spiro atoms. The minimum Gasteiger partial charge on any atom is -0.351 e. The van der Waals surface area contributed by atoms with Gasteiger partial charge in [0, 0.05) is 11.4 Å². The van der Waals surface area contributed by atoms with Crippen molar-refractivity contribution < 1.29 is 8.91 Å². The molecule has 8 heteroatoms. The van der Waals surface area contributed by atoms with Crippen molar-refractivity contribution in [1.29, 1.82) is 0 Å². The average Bonchev–Trinajstić information content (AvgIpc) is 3.48. The Labute approximate surface area is 200 Å². The third-order valence-electron chi connectivity index (χ3n) is 5.83. The van der Waals surface area contributed by atoms with Gasteiger partial charge in [0.2, 0.25) is 5.82 Å². The summed E-state index contributed by atoms with van der Waals surface area (Å²) < 4.78 is 19.4. The molecule has 3 heterocycles. The highest BCUT2D eigenvalue weighted by Crippen LogP contribution is 2.39. The fourth-order valence-electron chi connectivity index (χ4n) is 3.94. The van der Waals surface area contributed by atoms with Crippen LogP contribution in [0.3, 0.4) is 0 Å². The van der Waals surface area contributed by atoms with Crippen molar-refractivity contribution in [2.75, 3.05) is 4.90 Å². The van der Waals surface area contributed by atoms with Crippen LogP contribution in [0.5, 0.6) is 0 Å². The summed E-state index contributed by atoms with van der Waals surface area (Å²) in [5, 5.41) is 10.1. The molecule has 0 saturated carbocycles. The lowest BCUT2D eigenvalue weighted by atomic mass is 9.94. The Kier molecular flexibility index (Phi) is 5.55. The van der Waals surface area contributed by atoms with Gasteiger partial charge in [-0.3, -0.25) is 4.90 Å². The lowest BCUT2D eigenvalue weighted by molar-refractivity contribution is 0.404. The highest BCUT2D eigenvalue weighted by Gasteiger charge is 2.35. The molecule has 0 saturated heterocycles. The Balaban J connectivity index is 1.67. The summed E-state index contributed by atoms with van der Waals surface area (Å²) in [5.41, 5.74) is 5.84. The van der Waals surface area contributed by atoms with Crippen molar-refractivity contribution in [2.45, 2.75) is 26.8 Å². The molecular weight excluding hydrogens is 455 g/mol. The summed E-state index contributed by atoms with van der Waals surface area (Å²) in [6.45, 7) is 6.14. The standard InChI is InChI=1S/C25H21FN4OS2/c1-14-6-11-19(13-15(14)2)30-16(3)21(24-28-23(29-31-24)20-5-4-12-33-20)22(27-25(30)32)17-7-9-18(26)10-8-17/h4-13,22H,1-3H3,(H,27,32). The maximum Gasteiger partial charge on any atom is 0.258 e. The summed E-state index contributed by atoms with van der Waals surface area (Å²) in [7, 11) is 0. The largest absolute Gasteiger partial charge is 0.351 e. The molecule has 166 valence electrons. The van der Waals surface area contributed by atoms with Gasteiger partial charge in [0.25, 0.3) is 5.89 Å². The highest BCUT2D eigenvalue weighted by molar-refractivity contribution is 7.80. The summed E-state index contributed by atoms with van der Waals surface area (Å²) >= 11 is 7.33. The first kappa shape index (κ1) is 21.5.